The predicted octanol–water partition coefficient (Wildman–Crippen LogP) is 5.42. The van der Waals surface area contributed by atoms with E-state index < -0.39 is 0 Å². The lowest BCUT2D eigenvalue weighted by molar-refractivity contribution is 0.854. The Morgan fingerprint density at radius 2 is 1.75 bits per heavy atom. The second-order valence-corrected chi connectivity index (χ2v) is 7.56. The molecule has 2 N–H and O–H groups in total. The zero-order valence-corrected chi connectivity index (χ0v) is 16.1. The summed E-state index contributed by atoms with van der Waals surface area (Å²) in [6.45, 7) is 5.30. The number of thioether (sulfide) groups is 1. The SMILES string of the molecule is CC(C)c1ccc(NC(=S)NCCCSCc2ccccc2)cc1. The van der Waals surface area contributed by atoms with E-state index in [1.165, 1.54) is 11.1 Å². The van der Waals surface area contributed by atoms with Gasteiger partial charge in [0.15, 0.2) is 5.11 Å². The van der Waals surface area contributed by atoms with Crippen molar-refractivity contribution in [1.82, 2.24) is 5.32 Å². The van der Waals surface area contributed by atoms with Crippen LogP contribution in [0.3, 0.4) is 0 Å². The molecule has 0 aliphatic carbocycles. The maximum atomic E-state index is 5.35. The molecule has 0 unspecified atom stereocenters. The van der Waals surface area contributed by atoms with Crippen LogP contribution in [0.15, 0.2) is 54.6 Å². The van der Waals surface area contributed by atoms with E-state index in [9.17, 15) is 0 Å². The van der Waals surface area contributed by atoms with Gasteiger partial charge in [0, 0.05) is 18.0 Å². The quantitative estimate of drug-likeness (QED) is 0.486. The third-order valence-electron chi connectivity index (χ3n) is 3.70. The van der Waals surface area contributed by atoms with Crippen molar-refractivity contribution in [2.45, 2.75) is 31.9 Å². The van der Waals surface area contributed by atoms with E-state index in [0.717, 1.165) is 30.2 Å². The van der Waals surface area contributed by atoms with E-state index in [1.807, 2.05) is 11.8 Å². The van der Waals surface area contributed by atoms with Gasteiger partial charge in [-0.05, 0) is 53.6 Å². The standard InChI is InChI=1S/C20H26N2S2/c1-16(2)18-9-11-19(12-10-18)22-20(23)21-13-6-14-24-15-17-7-4-3-5-8-17/h3-5,7-12,16H,6,13-15H2,1-2H3,(H2,21,22,23). The minimum Gasteiger partial charge on any atom is -0.362 e. The molecule has 0 radical (unpaired) electrons. The molecule has 0 aliphatic heterocycles. The predicted molar refractivity (Wildman–Crippen MR) is 112 cm³/mol. The van der Waals surface area contributed by atoms with E-state index in [0.29, 0.717) is 11.0 Å². The molecule has 128 valence electrons. The van der Waals surface area contributed by atoms with Gasteiger partial charge in [-0.15, -0.1) is 0 Å². The Morgan fingerprint density at radius 1 is 1.04 bits per heavy atom. The molecule has 2 rings (SSSR count). The summed E-state index contributed by atoms with van der Waals surface area (Å²) in [6, 6.07) is 19.1. The summed E-state index contributed by atoms with van der Waals surface area (Å²) in [5.41, 5.74) is 3.77. The lowest BCUT2D eigenvalue weighted by atomic mass is 10.0. The number of anilines is 1. The van der Waals surface area contributed by atoms with Crippen molar-refractivity contribution in [3.63, 3.8) is 0 Å². The Balaban J connectivity index is 1.58. The first kappa shape index (κ1) is 18.8. The highest BCUT2D eigenvalue weighted by Crippen LogP contribution is 2.17. The Morgan fingerprint density at radius 3 is 2.42 bits per heavy atom. The van der Waals surface area contributed by atoms with Crippen molar-refractivity contribution >= 4 is 34.8 Å². The van der Waals surface area contributed by atoms with Gasteiger partial charge in [-0.25, -0.2) is 0 Å². The van der Waals surface area contributed by atoms with Crippen LogP contribution in [0.1, 0.15) is 37.3 Å². The van der Waals surface area contributed by atoms with Crippen molar-refractivity contribution in [3.8, 4) is 0 Å². The highest BCUT2D eigenvalue weighted by molar-refractivity contribution is 7.98. The molecule has 0 spiro atoms. The van der Waals surface area contributed by atoms with Gasteiger partial charge in [0.1, 0.15) is 0 Å². The van der Waals surface area contributed by atoms with Gasteiger partial charge in [-0.1, -0.05) is 56.3 Å². The maximum Gasteiger partial charge on any atom is 0.170 e. The van der Waals surface area contributed by atoms with Gasteiger partial charge in [-0.3, -0.25) is 0 Å². The zero-order valence-electron chi connectivity index (χ0n) is 14.4. The van der Waals surface area contributed by atoms with Crippen LogP contribution in [0.5, 0.6) is 0 Å². The van der Waals surface area contributed by atoms with Gasteiger partial charge in [0.05, 0.1) is 0 Å². The topological polar surface area (TPSA) is 24.1 Å². The van der Waals surface area contributed by atoms with Gasteiger partial charge in [-0.2, -0.15) is 11.8 Å². The molecular formula is C20H26N2S2. The maximum absolute atomic E-state index is 5.35. The molecule has 0 saturated heterocycles. The van der Waals surface area contributed by atoms with E-state index in [1.54, 1.807) is 0 Å². The number of rotatable bonds is 8. The van der Waals surface area contributed by atoms with Gasteiger partial charge >= 0.3 is 0 Å². The second-order valence-electron chi connectivity index (χ2n) is 6.05. The molecule has 2 aromatic rings. The molecule has 0 heterocycles. The minimum atomic E-state index is 0.553. The van der Waals surface area contributed by atoms with Crippen molar-refractivity contribution in [3.05, 3.63) is 65.7 Å². The molecule has 2 aromatic carbocycles. The Bertz CT molecular complexity index is 609. The molecule has 0 amide bonds. The molecular weight excluding hydrogens is 332 g/mol. The van der Waals surface area contributed by atoms with Crippen LogP contribution >= 0.6 is 24.0 Å². The molecule has 0 saturated carbocycles. The van der Waals surface area contributed by atoms with E-state index >= 15 is 0 Å². The number of nitrogens with one attached hydrogen (secondary N) is 2. The monoisotopic (exact) mass is 358 g/mol. The first-order valence-electron chi connectivity index (χ1n) is 8.41. The summed E-state index contributed by atoms with van der Waals surface area (Å²) in [5, 5.41) is 7.21. The summed E-state index contributed by atoms with van der Waals surface area (Å²) < 4.78 is 0. The molecule has 0 atom stereocenters. The average Bonchev–Trinajstić information content (AvgIpc) is 2.59. The second kappa shape index (κ2) is 10.4. The Kier molecular flexibility index (Phi) is 8.13. The molecule has 0 aliphatic rings. The van der Waals surface area contributed by atoms with Crippen LogP contribution in [0.4, 0.5) is 5.69 Å². The summed E-state index contributed by atoms with van der Waals surface area (Å²) in [4.78, 5) is 0. The molecule has 4 heteroatoms. The van der Waals surface area contributed by atoms with Gasteiger partial charge in [0.25, 0.3) is 0 Å². The fraction of sp³-hybridized carbons (Fsp3) is 0.350. The third kappa shape index (κ3) is 6.93. The van der Waals surface area contributed by atoms with Crippen molar-refractivity contribution in [1.29, 1.82) is 0 Å². The van der Waals surface area contributed by atoms with Crippen molar-refractivity contribution < 1.29 is 0 Å². The Hall–Kier alpha value is -1.52. The van der Waals surface area contributed by atoms with Crippen molar-refractivity contribution in [2.75, 3.05) is 17.6 Å². The van der Waals surface area contributed by atoms with Crippen LogP contribution in [0, 0.1) is 0 Å². The van der Waals surface area contributed by atoms with E-state index in [-0.39, 0.29) is 0 Å². The van der Waals surface area contributed by atoms with Gasteiger partial charge < -0.3 is 10.6 Å². The van der Waals surface area contributed by atoms with E-state index in [4.69, 9.17) is 12.2 Å². The van der Waals surface area contributed by atoms with Crippen LogP contribution in [0.2, 0.25) is 0 Å². The summed E-state index contributed by atoms with van der Waals surface area (Å²) in [6.07, 6.45) is 1.10. The third-order valence-corrected chi connectivity index (χ3v) is 5.06. The van der Waals surface area contributed by atoms with Crippen LogP contribution in [0.25, 0.3) is 0 Å². The largest absolute Gasteiger partial charge is 0.362 e. The zero-order chi connectivity index (χ0) is 17.2. The number of benzene rings is 2. The van der Waals surface area contributed by atoms with Crippen LogP contribution < -0.4 is 10.6 Å². The normalized spacial score (nSPS) is 10.6. The first-order chi connectivity index (χ1) is 11.6. The number of hydrogen-bond acceptors (Lipinski definition) is 2. The highest BCUT2D eigenvalue weighted by Gasteiger charge is 2.00. The summed E-state index contributed by atoms with van der Waals surface area (Å²) >= 11 is 7.31. The fourth-order valence-electron chi connectivity index (χ4n) is 2.27. The molecule has 0 aromatic heterocycles. The molecule has 24 heavy (non-hydrogen) atoms. The average molecular weight is 359 g/mol. The lowest BCUT2D eigenvalue weighted by Gasteiger charge is -2.12. The van der Waals surface area contributed by atoms with Crippen LogP contribution in [-0.4, -0.2) is 17.4 Å². The van der Waals surface area contributed by atoms with Gasteiger partial charge in [0.2, 0.25) is 0 Å². The minimum absolute atomic E-state index is 0.553. The smallest absolute Gasteiger partial charge is 0.170 e. The lowest BCUT2D eigenvalue weighted by Crippen LogP contribution is -2.29. The van der Waals surface area contributed by atoms with E-state index in [2.05, 4.69) is 79.1 Å². The summed E-state index contributed by atoms with van der Waals surface area (Å²) in [5.74, 6) is 2.76. The van der Waals surface area contributed by atoms with Crippen LogP contribution in [-0.2, 0) is 5.75 Å². The highest BCUT2D eigenvalue weighted by atomic mass is 32.2. The molecule has 0 bridgehead atoms. The fourth-order valence-corrected chi connectivity index (χ4v) is 3.41. The number of thiocarbonyl (C=S) groups is 1. The molecule has 0 fully saturated rings. The molecule has 2 nitrogen and oxygen atoms in total. The van der Waals surface area contributed by atoms with Crippen molar-refractivity contribution in [2.24, 2.45) is 0 Å². The summed E-state index contributed by atoms with van der Waals surface area (Å²) in [7, 11) is 0. The number of hydrogen-bond donors (Lipinski definition) is 2. The first-order valence-corrected chi connectivity index (χ1v) is 9.98. The Labute approximate surface area is 155 Å².